The predicted molar refractivity (Wildman–Crippen MR) is 87.1 cm³/mol. The van der Waals surface area contributed by atoms with Gasteiger partial charge in [-0.15, -0.1) is 5.23 Å². The summed E-state index contributed by atoms with van der Waals surface area (Å²) in [7, 11) is 0. The van der Waals surface area contributed by atoms with Gasteiger partial charge in [0.1, 0.15) is 11.5 Å². The highest BCUT2D eigenvalue weighted by molar-refractivity contribution is 5.87. The van der Waals surface area contributed by atoms with Crippen LogP contribution < -0.4 is 10.7 Å². The topological polar surface area (TPSA) is 101 Å². The fourth-order valence-electron chi connectivity index (χ4n) is 2.11. The van der Waals surface area contributed by atoms with Crippen molar-refractivity contribution in [2.24, 2.45) is 5.10 Å². The molecule has 1 heterocycles. The van der Waals surface area contributed by atoms with Crippen LogP contribution in [0.2, 0.25) is 0 Å². The molecule has 1 aromatic heterocycles. The van der Waals surface area contributed by atoms with Gasteiger partial charge in [-0.3, -0.25) is 15.8 Å². The van der Waals surface area contributed by atoms with Crippen LogP contribution in [-0.2, 0) is 0 Å². The van der Waals surface area contributed by atoms with Crippen LogP contribution in [0.3, 0.4) is 0 Å². The van der Waals surface area contributed by atoms with Gasteiger partial charge in [0.05, 0.1) is 11.7 Å². The van der Waals surface area contributed by atoms with Gasteiger partial charge >= 0.3 is 0 Å². The van der Waals surface area contributed by atoms with E-state index in [0.717, 1.165) is 10.9 Å². The lowest BCUT2D eigenvalue weighted by Crippen LogP contribution is -2.11. The third kappa shape index (κ3) is 3.20. The van der Waals surface area contributed by atoms with E-state index in [1.807, 2.05) is 30.3 Å². The lowest BCUT2D eigenvalue weighted by Gasteiger charge is -2.10. The van der Waals surface area contributed by atoms with Gasteiger partial charge in [0.15, 0.2) is 5.75 Å². The number of rotatable bonds is 4. The summed E-state index contributed by atoms with van der Waals surface area (Å²) in [5.74, 6) is 0.260. The molecule has 0 atom stereocenters. The Hall–Kier alpha value is -3.16. The van der Waals surface area contributed by atoms with Crippen LogP contribution in [0.4, 0.5) is 11.5 Å². The van der Waals surface area contributed by atoms with E-state index in [2.05, 4.69) is 15.5 Å². The predicted octanol–water partition coefficient (Wildman–Crippen LogP) is 2.97. The van der Waals surface area contributed by atoms with E-state index >= 15 is 0 Å². The van der Waals surface area contributed by atoms with Crippen molar-refractivity contribution >= 4 is 28.6 Å². The van der Waals surface area contributed by atoms with Gasteiger partial charge in [-0.2, -0.15) is 5.10 Å². The van der Waals surface area contributed by atoms with Crippen molar-refractivity contribution in [1.29, 1.82) is 0 Å². The average Bonchev–Trinajstić information content (AvgIpc) is 2.56. The average molecular weight is 310 g/mol. The molecule has 0 saturated heterocycles. The van der Waals surface area contributed by atoms with Gasteiger partial charge < -0.3 is 5.11 Å². The number of anilines is 2. The van der Waals surface area contributed by atoms with Gasteiger partial charge in [-0.05, 0) is 30.3 Å². The SMILES string of the molecule is Oc1c(C=NNc2ccc3ccccc3n2)cccc1N(O)O. The van der Waals surface area contributed by atoms with Crippen LogP contribution in [0.25, 0.3) is 10.9 Å². The maximum Gasteiger partial charge on any atom is 0.152 e. The lowest BCUT2D eigenvalue weighted by atomic mass is 10.2. The fraction of sp³-hybridized carbons (Fsp3) is 0. The molecule has 0 saturated carbocycles. The molecule has 0 amide bonds. The smallest absolute Gasteiger partial charge is 0.152 e. The molecule has 0 radical (unpaired) electrons. The summed E-state index contributed by atoms with van der Waals surface area (Å²) in [4.78, 5) is 4.40. The molecular formula is C16H14N4O3. The minimum atomic E-state index is -0.297. The van der Waals surface area contributed by atoms with Gasteiger partial charge in [0.25, 0.3) is 0 Å². The molecule has 2 aromatic carbocycles. The first-order chi connectivity index (χ1) is 11.1. The highest BCUT2D eigenvalue weighted by atomic mass is 16.8. The second kappa shape index (κ2) is 6.30. The Morgan fingerprint density at radius 3 is 2.65 bits per heavy atom. The molecule has 3 rings (SSSR count). The number of para-hydroxylation sites is 2. The number of hydrogen-bond donors (Lipinski definition) is 4. The number of aromatic hydroxyl groups is 1. The Labute approximate surface area is 131 Å². The van der Waals surface area contributed by atoms with E-state index in [0.29, 0.717) is 11.4 Å². The number of benzene rings is 2. The van der Waals surface area contributed by atoms with Crippen LogP contribution in [-0.4, -0.2) is 26.7 Å². The number of nitrogens with zero attached hydrogens (tertiary/aromatic N) is 3. The summed E-state index contributed by atoms with van der Waals surface area (Å²) >= 11 is 0. The zero-order valence-corrected chi connectivity index (χ0v) is 12.0. The Morgan fingerprint density at radius 1 is 1.00 bits per heavy atom. The first-order valence-corrected chi connectivity index (χ1v) is 6.80. The number of hydrazone groups is 1. The minimum absolute atomic E-state index is 0.141. The van der Waals surface area contributed by atoms with E-state index in [-0.39, 0.29) is 16.7 Å². The molecule has 0 spiro atoms. The summed E-state index contributed by atoms with van der Waals surface area (Å²) in [6.07, 6.45) is 1.36. The molecule has 3 aromatic rings. The maximum absolute atomic E-state index is 9.90. The Kier molecular flexibility index (Phi) is 4.05. The summed E-state index contributed by atoms with van der Waals surface area (Å²) < 4.78 is 0. The van der Waals surface area contributed by atoms with Crippen molar-refractivity contribution in [1.82, 2.24) is 4.98 Å². The monoisotopic (exact) mass is 310 g/mol. The van der Waals surface area contributed by atoms with Crippen LogP contribution in [0.15, 0.2) is 59.7 Å². The van der Waals surface area contributed by atoms with Crippen LogP contribution in [0.5, 0.6) is 5.75 Å². The van der Waals surface area contributed by atoms with Gasteiger partial charge in [-0.25, -0.2) is 4.98 Å². The molecule has 116 valence electrons. The maximum atomic E-state index is 9.90. The normalized spacial score (nSPS) is 11.0. The largest absolute Gasteiger partial charge is 0.505 e. The molecule has 7 heteroatoms. The number of nitrogens with one attached hydrogen (secondary N) is 1. The molecule has 4 N–H and O–H groups in total. The highest BCUT2D eigenvalue weighted by Gasteiger charge is 2.09. The molecular weight excluding hydrogens is 296 g/mol. The first-order valence-electron chi connectivity index (χ1n) is 6.80. The van der Waals surface area contributed by atoms with E-state index in [4.69, 9.17) is 10.4 Å². The number of pyridine rings is 1. The highest BCUT2D eigenvalue weighted by Crippen LogP contribution is 2.28. The number of phenolic OH excluding ortho intramolecular Hbond substituents is 1. The fourth-order valence-corrected chi connectivity index (χ4v) is 2.11. The number of hydrogen-bond acceptors (Lipinski definition) is 7. The number of phenols is 1. The molecule has 0 unspecified atom stereocenters. The van der Waals surface area contributed by atoms with E-state index in [1.165, 1.54) is 12.3 Å². The van der Waals surface area contributed by atoms with Crippen molar-refractivity contribution in [3.63, 3.8) is 0 Å². The Bertz CT molecular complexity index is 865. The van der Waals surface area contributed by atoms with Crippen LogP contribution in [0, 0.1) is 0 Å². The van der Waals surface area contributed by atoms with E-state index in [9.17, 15) is 5.11 Å². The summed E-state index contributed by atoms with van der Waals surface area (Å²) in [5.41, 5.74) is 3.79. The summed E-state index contributed by atoms with van der Waals surface area (Å²) in [6, 6.07) is 15.9. The first kappa shape index (κ1) is 14.8. The van der Waals surface area contributed by atoms with Crippen LogP contribution >= 0.6 is 0 Å². The van der Waals surface area contributed by atoms with Crippen LogP contribution in [0.1, 0.15) is 5.56 Å². The summed E-state index contributed by atoms with van der Waals surface area (Å²) in [6.45, 7) is 0. The third-order valence-electron chi connectivity index (χ3n) is 3.24. The van der Waals surface area contributed by atoms with E-state index in [1.54, 1.807) is 18.2 Å². The van der Waals surface area contributed by atoms with Gasteiger partial charge in [-0.1, -0.05) is 24.3 Å². The molecule has 0 fully saturated rings. The second-order valence-electron chi connectivity index (χ2n) is 4.76. The summed E-state index contributed by atoms with van der Waals surface area (Å²) in [5, 5.41) is 32.8. The Balaban J connectivity index is 1.79. The minimum Gasteiger partial charge on any atom is -0.505 e. The van der Waals surface area contributed by atoms with Crippen molar-refractivity contribution in [2.75, 3.05) is 10.7 Å². The van der Waals surface area contributed by atoms with Crippen molar-refractivity contribution in [2.45, 2.75) is 0 Å². The molecule has 0 aliphatic rings. The lowest BCUT2D eigenvalue weighted by molar-refractivity contribution is 0.0279. The van der Waals surface area contributed by atoms with Crippen molar-refractivity contribution in [3.8, 4) is 5.75 Å². The van der Waals surface area contributed by atoms with Crippen molar-refractivity contribution in [3.05, 3.63) is 60.2 Å². The zero-order chi connectivity index (χ0) is 16.2. The molecule has 0 bridgehead atoms. The van der Waals surface area contributed by atoms with E-state index < -0.39 is 0 Å². The molecule has 0 aliphatic heterocycles. The van der Waals surface area contributed by atoms with Crippen molar-refractivity contribution < 1.29 is 15.5 Å². The third-order valence-corrected chi connectivity index (χ3v) is 3.24. The number of aromatic nitrogens is 1. The number of fused-ring (bicyclic) bond motifs is 1. The van der Waals surface area contributed by atoms with Gasteiger partial charge in [0.2, 0.25) is 0 Å². The second-order valence-corrected chi connectivity index (χ2v) is 4.76. The molecule has 0 aliphatic carbocycles. The zero-order valence-electron chi connectivity index (χ0n) is 12.0. The molecule has 7 nitrogen and oxygen atoms in total. The quantitative estimate of drug-likeness (QED) is 0.436. The standard InChI is InChI=1S/C16H14N4O3/c21-16-12(5-3-7-14(16)20(22)23)10-17-19-15-9-8-11-4-1-2-6-13(11)18-15/h1-10,21-23H,(H,18,19). The Morgan fingerprint density at radius 2 is 1.83 bits per heavy atom. The molecule has 23 heavy (non-hydrogen) atoms. The van der Waals surface area contributed by atoms with Gasteiger partial charge in [0, 0.05) is 10.9 Å².